The predicted molar refractivity (Wildman–Crippen MR) is 142 cm³/mol. The molecule has 0 bridgehead atoms. The lowest BCUT2D eigenvalue weighted by atomic mass is 9.95. The summed E-state index contributed by atoms with van der Waals surface area (Å²) in [5, 5.41) is 20.7. The van der Waals surface area contributed by atoms with Gasteiger partial charge in [-0.15, -0.1) is 11.8 Å². The molecule has 2 heterocycles. The third kappa shape index (κ3) is 5.43. The summed E-state index contributed by atoms with van der Waals surface area (Å²) in [5.74, 6) is -0.199. The lowest BCUT2D eigenvalue weighted by Gasteiger charge is -2.24. The number of fused-ring (bicyclic) bond motifs is 1. The second-order valence-corrected chi connectivity index (χ2v) is 10.4. The number of benzene rings is 2. The zero-order chi connectivity index (χ0) is 26.7. The molecule has 4 rings (SSSR count). The van der Waals surface area contributed by atoms with E-state index in [4.69, 9.17) is 9.84 Å². The van der Waals surface area contributed by atoms with Crippen molar-refractivity contribution in [3.63, 3.8) is 0 Å². The summed E-state index contributed by atoms with van der Waals surface area (Å²) in [4.78, 5) is 43.2. The van der Waals surface area contributed by atoms with Gasteiger partial charge in [-0.25, -0.2) is 9.79 Å². The highest BCUT2D eigenvalue weighted by Gasteiger charge is 2.33. The summed E-state index contributed by atoms with van der Waals surface area (Å²) in [6.45, 7) is 5.48. The first kappa shape index (κ1) is 26.5. The minimum atomic E-state index is -0.718. The van der Waals surface area contributed by atoms with Crippen LogP contribution in [0.15, 0.2) is 68.4 Å². The third-order valence-electron chi connectivity index (χ3n) is 5.74. The quantitative estimate of drug-likeness (QED) is 0.202. The van der Waals surface area contributed by atoms with Gasteiger partial charge in [-0.1, -0.05) is 47.2 Å². The van der Waals surface area contributed by atoms with Crippen LogP contribution in [0.25, 0.3) is 6.08 Å². The molecule has 9 nitrogen and oxygen atoms in total. The fourth-order valence-electron chi connectivity index (χ4n) is 4.05. The maximum absolute atomic E-state index is 13.7. The van der Waals surface area contributed by atoms with Gasteiger partial charge >= 0.3 is 5.97 Å². The van der Waals surface area contributed by atoms with E-state index in [0.29, 0.717) is 36.8 Å². The fraction of sp³-hybridized carbons (Fsp3) is 0.269. The molecule has 1 N–H and O–H groups in total. The molecule has 0 amide bonds. The number of nitro benzene ring substituents is 1. The summed E-state index contributed by atoms with van der Waals surface area (Å²) >= 11 is 2.34. The van der Waals surface area contributed by atoms with Crippen LogP contribution < -0.4 is 14.9 Å². The molecule has 192 valence electrons. The first-order valence-electron chi connectivity index (χ1n) is 11.5. The molecule has 2 aromatic carbocycles. The zero-order valence-electron chi connectivity index (χ0n) is 20.5. The van der Waals surface area contributed by atoms with Gasteiger partial charge in [0, 0.05) is 11.8 Å². The van der Waals surface area contributed by atoms with Gasteiger partial charge < -0.3 is 9.84 Å². The van der Waals surface area contributed by atoms with Crippen LogP contribution in [0.5, 0.6) is 0 Å². The number of hydrogen-bond acceptors (Lipinski definition) is 9. The number of hydrogen-bond donors (Lipinski definition) is 1. The van der Waals surface area contributed by atoms with Crippen molar-refractivity contribution >= 4 is 40.8 Å². The van der Waals surface area contributed by atoms with Crippen LogP contribution in [-0.4, -0.2) is 39.5 Å². The number of esters is 1. The molecule has 0 unspecified atom stereocenters. The van der Waals surface area contributed by atoms with E-state index >= 15 is 0 Å². The van der Waals surface area contributed by atoms with Crippen LogP contribution in [0.3, 0.4) is 0 Å². The summed E-state index contributed by atoms with van der Waals surface area (Å²) in [5.41, 5.74) is 2.58. The van der Waals surface area contributed by atoms with Gasteiger partial charge in [0.15, 0.2) is 4.80 Å². The molecule has 0 saturated heterocycles. The van der Waals surface area contributed by atoms with Crippen molar-refractivity contribution in [3.05, 3.63) is 100 Å². The SMILES string of the molecule is CCOC(=O)C1=C(C)N=c2s/c(=C/c3ccc(SCCO)c([N+](=O)[O-])c3)c(=O)n2[C@H]1c1ccc(C)cc1. The van der Waals surface area contributed by atoms with Gasteiger partial charge in [0.2, 0.25) is 0 Å². The highest BCUT2D eigenvalue weighted by Crippen LogP contribution is 2.32. The second kappa shape index (κ2) is 11.2. The number of ether oxygens (including phenoxy) is 1. The smallest absolute Gasteiger partial charge is 0.338 e. The number of nitrogens with zero attached hydrogens (tertiary/aromatic N) is 3. The molecule has 0 spiro atoms. The fourth-order valence-corrected chi connectivity index (χ4v) is 5.85. The summed E-state index contributed by atoms with van der Waals surface area (Å²) in [7, 11) is 0. The number of aliphatic hydroxyl groups is 1. The summed E-state index contributed by atoms with van der Waals surface area (Å²) < 4.78 is 7.12. The van der Waals surface area contributed by atoms with Crippen molar-refractivity contribution in [2.45, 2.75) is 31.7 Å². The summed E-state index contributed by atoms with van der Waals surface area (Å²) in [6.07, 6.45) is 1.59. The van der Waals surface area contributed by atoms with E-state index in [0.717, 1.165) is 22.5 Å². The van der Waals surface area contributed by atoms with E-state index in [-0.39, 0.29) is 24.5 Å². The predicted octanol–water partition coefficient (Wildman–Crippen LogP) is 3.10. The highest BCUT2D eigenvalue weighted by atomic mass is 32.2. The van der Waals surface area contributed by atoms with Gasteiger partial charge in [0.1, 0.15) is 0 Å². The van der Waals surface area contributed by atoms with E-state index in [1.54, 1.807) is 32.1 Å². The molecule has 0 aliphatic carbocycles. The molecule has 0 saturated carbocycles. The Morgan fingerprint density at radius 1 is 1.27 bits per heavy atom. The van der Waals surface area contributed by atoms with Crippen LogP contribution in [0.4, 0.5) is 5.69 Å². The number of rotatable bonds is 8. The van der Waals surface area contributed by atoms with E-state index < -0.39 is 16.9 Å². The van der Waals surface area contributed by atoms with Crippen molar-refractivity contribution in [1.29, 1.82) is 0 Å². The lowest BCUT2D eigenvalue weighted by Crippen LogP contribution is -2.39. The van der Waals surface area contributed by atoms with Gasteiger partial charge in [-0.2, -0.15) is 0 Å². The van der Waals surface area contributed by atoms with Crippen LogP contribution in [0, 0.1) is 17.0 Å². The van der Waals surface area contributed by atoms with E-state index in [9.17, 15) is 19.7 Å². The Morgan fingerprint density at radius 2 is 2.00 bits per heavy atom. The minimum Gasteiger partial charge on any atom is -0.463 e. The number of carbonyl (C=O) groups excluding carboxylic acids is 1. The van der Waals surface area contributed by atoms with E-state index in [1.807, 2.05) is 31.2 Å². The standard InChI is InChI=1S/C26H25N3O6S2/c1-4-35-25(32)22-16(3)27-26-28(23(22)18-8-5-15(2)6-9-18)24(31)21(37-26)14-17-7-10-20(36-12-11-30)19(13-17)29(33)34/h5-10,13-14,23,30H,4,11-12H2,1-3H3/b21-14+/t23-/m0/s1. The van der Waals surface area contributed by atoms with Gasteiger partial charge in [0.05, 0.1) is 44.9 Å². The van der Waals surface area contributed by atoms with Gasteiger partial charge in [-0.05, 0) is 44.0 Å². The maximum Gasteiger partial charge on any atom is 0.338 e. The molecule has 0 radical (unpaired) electrons. The molecule has 1 aromatic heterocycles. The van der Waals surface area contributed by atoms with Crippen molar-refractivity contribution in [2.75, 3.05) is 19.0 Å². The normalized spacial score (nSPS) is 15.4. The largest absolute Gasteiger partial charge is 0.463 e. The molecule has 11 heteroatoms. The number of thioether (sulfide) groups is 1. The van der Waals surface area contributed by atoms with Crippen LogP contribution in [-0.2, 0) is 9.53 Å². The molecular weight excluding hydrogens is 514 g/mol. The number of aromatic nitrogens is 1. The Balaban J connectivity index is 1.88. The van der Waals surface area contributed by atoms with Gasteiger partial charge in [0.25, 0.3) is 11.2 Å². The molecule has 37 heavy (non-hydrogen) atoms. The first-order valence-corrected chi connectivity index (χ1v) is 13.3. The number of allylic oxidation sites excluding steroid dienone is 1. The zero-order valence-corrected chi connectivity index (χ0v) is 22.1. The van der Waals surface area contributed by atoms with Crippen molar-refractivity contribution < 1.29 is 19.6 Å². The topological polar surface area (TPSA) is 124 Å². The molecule has 1 aliphatic rings. The first-order chi connectivity index (χ1) is 17.7. The van der Waals surface area contributed by atoms with E-state index in [2.05, 4.69) is 4.99 Å². The average Bonchev–Trinajstić information content (AvgIpc) is 3.17. The average molecular weight is 540 g/mol. The molecule has 3 aromatic rings. The Hall–Kier alpha value is -3.54. The number of thiazole rings is 1. The van der Waals surface area contributed by atoms with Crippen LogP contribution in [0.1, 0.15) is 36.6 Å². The lowest BCUT2D eigenvalue weighted by molar-refractivity contribution is -0.387. The Bertz CT molecular complexity index is 1570. The maximum atomic E-state index is 13.7. The number of aliphatic hydroxyl groups excluding tert-OH is 1. The number of aryl methyl sites for hydroxylation is 1. The summed E-state index contributed by atoms with van der Waals surface area (Å²) in [6, 6.07) is 11.6. The van der Waals surface area contributed by atoms with Crippen molar-refractivity contribution in [3.8, 4) is 0 Å². The van der Waals surface area contributed by atoms with Crippen LogP contribution in [0.2, 0.25) is 0 Å². The Kier molecular flexibility index (Phi) is 8.06. The molecule has 0 fully saturated rings. The van der Waals surface area contributed by atoms with Crippen molar-refractivity contribution in [2.24, 2.45) is 4.99 Å². The minimum absolute atomic E-state index is 0.0971. The monoisotopic (exact) mass is 539 g/mol. The highest BCUT2D eigenvalue weighted by molar-refractivity contribution is 7.99. The third-order valence-corrected chi connectivity index (χ3v) is 7.76. The molecular formula is C26H25N3O6S2. The number of carbonyl (C=O) groups is 1. The van der Waals surface area contributed by atoms with Gasteiger partial charge in [-0.3, -0.25) is 19.5 Å². The molecule has 1 atom stereocenters. The Morgan fingerprint density at radius 3 is 2.65 bits per heavy atom. The van der Waals surface area contributed by atoms with Crippen molar-refractivity contribution in [1.82, 2.24) is 4.57 Å². The molecule has 1 aliphatic heterocycles. The second-order valence-electron chi connectivity index (χ2n) is 8.27. The number of nitro groups is 1. The Labute approximate surface area is 220 Å². The van der Waals surface area contributed by atoms with E-state index in [1.165, 1.54) is 22.4 Å². The van der Waals surface area contributed by atoms with Crippen LogP contribution >= 0.6 is 23.1 Å².